The highest BCUT2D eigenvalue weighted by molar-refractivity contribution is 8.00. The van der Waals surface area contributed by atoms with Gasteiger partial charge in [-0.05, 0) is 23.9 Å². The van der Waals surface area contributed by atoms with Crippen molar-refractivity contribution >= 4 is 17.5 Å². The van der Waals surface area contributed by atoms with Crippen molar-refractivity contribution in [1.82, 2.24) is 0 Å². The lowest BCUT2D eigenvalue weighted by molar-refractivity contribution is -0.0327. The SMILES string of the molecule is O=C(CSC(F)(F)F)c1ccccc1F. The first-order chi connectivity index (χ1) is 6.90. The summed E-state index contributed by atoms with van der Waals surface area (Å²) in [7, 11) is 0. The molecule has 0 bridgehead atoms. The van der Waals surface area contributed by atoms with Gasteiger partial charge in [-0.2, -0.15) is 13.2 Å². The van der Waals surface area contributed by atoms with Gasteiger partial charge in [-0.3, -0.25) is 4.79 Å². The van der Waals surface area contributed by atoms with Gasteiger partial charge in [-0.1, -0.05) is 12.1 Å². The highest BCUT2D eigenvalue weighted by Crippen LogP contribution is 2.30. The third-order valence-corrected chi connectivity index (χ3v) is 2.28. The summed E-state index contributed by atoms with van der Waals surface area (Å²) >= 11 is -0.471. The van der Waals surface area contributed by atoms with Gasteiger partial charge >= 0.3 is 5.51 Å². The molecule has 0 unspecified atom stereocenters. The molecule has 0 aliphatic heterocycles. The normalized spacial score (nSPS) is 11.5. The van der Waals surface area contributed by atoms with E-state index < -0.39 is 34.6 Å². The van der Waals surface area contributed by atoms with E-state index in [2.05, 4.69) is 0 Å². The number of carbonyl (C=O) groups is 1. The predicted octanol–water partition coefficient (Wildman–Crippen LogP) is 3.26. The first-order valence-electron chi connectivity index (χ1n) is 3.88. The summed E-state index contributed by atoms with van der Waals surface area (Å²) in [5.74, 6) is -2.47. The number of carbonyl (C=O) groups excluding carboxylic acids is 1. The minimum Gasteiger partial charge on any atom is -0.293 e. The monoisotopic (exact) mass is 238 g/mol. The molecule has 0 heterocycles. The Balaban J connectivity index is 2.66. The average Bonchev–Trinajstić information content (AvgIpc) is 2.14. The van der Waals surface area contributed by atoms with Crippen molar-refractivity contribution in [3.8, 4) is 0 Å². The molecular formula is C9H6F4OS. The minimum atomic E-state index is -4.47. The summed E-state index contributed by atoms with van der Waals surface area (Å²) in [5.41, 5.74) is -4.78. The molecule has 0 saturated carbocycles. The fourth-order valence-corrected chi connectivity index (χ4v) is 1.36. The Morgan fingerprint density at radius 3 is 2.40 bits per heavy atom. The summed E-state index contributed by atoms with van der Waals surface area (Å²) in [6.45, 7) is 0. The topological polar surface area (TPSA) is 17.1 Å². The van der Waals surface area contributed by atoms with Crippen LogP contribution in [0.25, 0.3) is 0 Å². The molecule has 0 aliphatic carbocycles. The maximum Gasteiger partial charge on any atom is 0.442 e. The van der Waals surface area contributed by atoms with Crippen LogP contribution in [0.5, 0.6) is 0 Å². The van der Waals surface area contributed by atoms with Crippen LogP contribution in [0.1, 0.15) is 10.4 Å². The molecule has 6 heteroatoms. The molecule has 1 rings (SSSR count). The van der Waals surface area contributed by atoms with E-state index in [1.807, 2.05) is 0 Å². The largest absolute Gasteiger partial charge is 0.442 e. The molecule has 1 nitrogen and oxygen atoms in total. The minimum absolute atomic E-state index is 0.311. The van der Waals surface area contributed by atoms with Crippen LogP contribution in [-0.2, 0) is 0 Å². The molecule has 0 spiro atoms. The Morgan fingerprint density at radius 1 is 1.27 bits per heavy atom. The highest BCUT2D eigenvalue weighted by atomic mass is 32.2. The maximum atomic E-state index is 12.9. The number of thioether (sulfide) groups is 1. The van der Waals surface area contributed by atoms with E-state index in [4.69, 9.17) is 0 Å². The second-order valence-corrected chi connectivity index (χ2v) is 3.68. The van der Waals surface area contributed by atoms with Gasteiger partial charge in [0.2, 0.25) is 0 Å². The summed E-state index contributed by atoms with van der Waals surface area (Å²) in [6, 6.07) is 4.96. The van der Waals surface area contributed by atoms with E-state index in [9.17, 15) is 22.4 Å². The Morgan fingerprint density at radius 2 is 1.87 bits per heavy atom. The zero-order valence-corrected chi connectivity index (χ0v) is 8.16. The molecule has 1 aromatic rings. The van der Waals surface area contributed by atoms with Crippen molar-refractivity contribution in [3.05, 3.63) is 35.6 Å². The van der Waals surface area contributed by atoms with E-state index >= 15 is 0 Å². The average molecular weight is 238 g/mol. The second kappa shape index (κ2) is 4.65. The van der Waals surface area contributed by atoms with Gasteiger partial charge in [0, 0.05) is 0 Å². The van der Waals surface area contributed by atoms with Gasteiger partial charge in [0.25, 0.3) is 0 Å². The van der Waals surface area contributed by atoms with E-state index in [1.54, 1.807) is 0 Å². The van der Waals surface area contributed by atoms with E-state index in [0.717, 1.165) is 12.1 Å². The number of hydrogen-bond donors (Lipinski definition) is 0. The van der Waals surface area contributed by atoms with Crippen LogP contribution in [-0.4, -0.2) is 17.0 Å². The Hall–Kier alpha value is -1.04. The third kappa shape index (κ3) is 3.91. The molecular weight excluding hydrogens is 232 g/mol. The van der Waals surface area contributed by atoms with Gasteiger partial charge in [-0.15, -0.1) is 0 Å². The third-order valence-electron chi connectivity index (χ3n) is 1.54. The molecule has 0 fully saturated rings. The lowest BCUT2D eigenvalue weighted by Gasteiger charge is -2.05. The Kier molecular flexibility index (Phi) is 3.73. The lowest BCUT2D eigenvalue weighted by Crippen LogP contribution is -2.10. The van der Waals surface area contributed by atoms with Gasteiger partial charge in [-0.25, -0.2) is 4.39 Å². The quantitative estimate of drug-likeness (QED) is 0.594. The van der Waals surface area contributed by atoms with Crippen LogP contribution in [0.4, 0.5) is 17.6 Å². The molecule has 0 atom stereocenters. The number of hydrogen-bond acceptors (Lipinski definition) is 2. The fourth-order valence-electron chi connectivity index (χ4n) is 0.912. The van der Waals surface area contributed by atoms with Crippen molar-refractivity contribution < 1.29 is 22.4 Å². The number of ketones is 1. The highest BCUT2D eigenvalue weighted by Gasteiger charge is 2.29. The molecule has 1 aromatic carbocycles. The van der Waals surface area contributed by atoms with Gasteiger partial charge in [0.1, 0.15) is 5.82 Å². The Labute approximate surface area is 87.5 Å². The molecule has 0 N–H and O–H groups in total. The van der Waals surface area contributed by atoms with Crippen LogP contribution in [0, 0.1) is 5.82 Å². The number of rotatable bonds is 3. The number of alkyl halides is 3. The fraction of sp³-hybridized carbons (Fsp3) is 0.222. The maximum absolute atomic E-state index is 12.9. The van der Waals surface area contributed by atoms with Crippen LogP contribution >= 0.6 is 11.8 Å². The van der Waals surface area contributed by atoms with Gasteiger partial charge < -0.3 is 0 Å². The molecule has 0 saturated heterocycles. The summed E-state index contributed by atoms with van der Waals surface area (Å²) in [4.78, 5) is 11.2. The molecule has 0 radical (unpaired) electrons. The Bertz CT molecular complexity index is 361. The predicted molar refractivity (Wildman–Crippen MR) is 49.2 cm³/mol. The second-order valence-electron chi connectivity index (χ2n) is 2.64. The molecule has 0 amide bonds. The summed E-state index contributed by atoms with van der Waals surface area (Å²) in [6.07, 6.45) is 0. The van der Waals surface area contributed by atoms with Gasteiger partial charge in [0.05, 0.1) is 11.3 Å². The molecule has 15 heavy (non-hydrogen) atoms. The van der Waals surface area contributed by atoms with Crippen molar-refractivity contribution in [2.45, 2.75) is 5.51 Å². The van der Waals surface area contributed by atoms with Crippen LogP contribution in [0.2, 0.25) is 0 Å². The van der Waals surface area contributed by atoms with Crippen molar-refractivity contribution in [1.29, 1.82) is 0 Å². The van der Waals surface area contributed by atoms with Crippen LogP contribution < -0.4 is 0 Å². The zero-order valence-electron chi connectivity index (χ0n) is 7.34. The number of benzene rings is 1. The van der Waals surface area contributed by atoms with Crippen molar-refractivity contribution in [2.75, 3.05) is 5.75 Å². The number of halogens is 4. The lowest BCUT2D eigenvalue weighted by atomic mass is 10.1. The first-order valence-corrected chi connectivity index (χ1v) is 4.87. The first kappa shape index (κ1) is 12.0. The number of Topliss-reactive ketones (excluding diaryl/α,β-unsaturated/α-hetero) is 1. The van der Waals surface area contributed by atoms with E-state index in [-0.39, 0.29) is 5.56 Å². The smallest absolute Gasteiger partial charge is 0.293 e. The van der Waals surface area contributed by atoms with E-state index in [0.29, 0.717) is 0 Å². The van der Waals surface area contributed by atoms with Crippen LogP contribution in [0.3, 0.4) is 0 Å². The van der Waals surface area contributed by atoms with Gasteiger partial charge in [0.15, 0.2) is 5.78 Å². The van der Waals surface area contributed by atoms with E-state index in [1.165, 1.54) is 12.1 Å². The summed E-state index contributed by atoms with van der Waals surface area (Å²) in [5, 5.41) is 0. The van der Waals surface area contributed by atoms with Crippen molar-refractivity contribution in [2.24, 2.45) is 0 Å². The summed E-state index contributed by atoms with van der Waals surface area (Å²) < 4.78 is 48.2. The molecule has 82 valence electrons. The van der Waals surface area contributed by atoms with Crippen molar-refractivity contribution in [3.63, 3.8) is 0 Å². The molecule has 0 aliphatic rings. The van der Waals surface area contributed by atoms with Crippen LogP contribution in [0.15, 0.2) is 24.3 Å². The standard InChI is InChI=1S/C9H6F4OS/c10-7-4-2-1-3-6(7)8(14)5-15-9(11,12)13/h1-4H,5H2. The zero-order chi connectivity index (χ0) is 11.5. The molecule has 0 aromatic heterocycles.